The number of quaternary nitrogens is 1. The van der Waals surface area contributed by atoms with Crippen LogP contribution in [0.3, 0.4) is 0 Å². The molecule has 0 heterocycles. The molecule has 0 saturated heterocycles. The SMILES string of the molecule is CCCCCCCCCCC/C=C/CCCCCCCC(=O)OC(COCCC(C(=O)O)[N+](C)(C)C)COC(=O)CCCCCCCCCCCCCCCCCCCCCCC. The van der Waals surface area contributed by atoms with E-state index < -0.39 is 18.1 Å². The van der Waals surface area contributed by atoms with Gasteiger partial charge in [0.25, 0.3) is 0 Å². The fraction of sp³-hybridized carbons (Fsp3) is 0.909. The van der Waals surface area contributed by atoms with Crippen LogP contribution >= 0.6 is 0 Å². The van der Waals surface area contributed by atoms with Crippen molar-refractivity contribution in [2.45, 2.75) is 283 Å². The van der Waals surface area contributed by atoms with Gasteiger partial charge in [-0.1, -0.05) is 225 Å². The highest BCUT2D eigenvalue weighted by molar-refractivity contribution is 5.72. The number of allylic oxidation sites excluding steroid dienone is 2. The number of hydrogen-bond acceptors (Lipinski definition) is 6. The summed E-state index contributed by atoms with van der Waals surface area (Å²) in [6, 6.07) is -0.613. The van der Waals surface area contributed by atoms with Crippen molar-refractivity contribution in [2.24, 2.45) is 0 Å². The smallest absolute Gasteiger partial charge is 0.362 e. The Morgan fingerprint density at radius 3 is 1.14 bits per heavy atom. The molecule has 0 amide bonds. The zero-order valence-corrected chi connectivity index (χ0v) is 42.6. The Kier molecular flexibility index (Phi) is 45.2. The molecule has 0 aromatic heterocycles. The summed E-state index contributed by atoms with van der Waals surface area (Å²) in [5.41, 5.74) is 0. The van der Waals surface area contributed by atoms with Crippen LogP contribution in [0.2, 0.25) is 0 Å². The maximum atomic E-state index is 12.8. The van der Waals surface area contributed by atoms with Crippen molar-refractivity contribution in [3.05, 3.63) is 12.2 Å². The molecule has 2 unspecified atom stereocenters. The van der Waals surface area contributed by atoms with Crippen LogP contribution in [0.5, 0.6) is 0 Å². The lowest BCUT2D eigenvalue weighted by atomic mass is 10.0. The van der Waals surface area contributed by atoms with E-state index in [1.165, 1.54) is 186 Å². The Bertz CT molecular complexity index is 1040. The molecule has 0 aromatic carbocycles. The van der Waals surface area contributed by atoms with Crippen LogP contribution in [-0.4, -0.2) is 80.6 Å². The van der Waals surface area contributed by atoms with Gasteiger partial charge in [0.05, 0.1) is 34.4 Å². The van der Waals surface area contributed by atoms with Crippen molar-refractivity contribution < 1.29 is 38.2 Å². The first-order valence-corrected chi connectivity index (χ1v) is 27.2. The van der Waals surface area contributed by atoms with Crippen LogP contribution in [0.4, 0.5) is 0 Å². The van der Waals surface area contributed by atoms with Gasteiger partial charge >= 0.3 is 17.9 Å². The number of likely N-dealkylation sites (N-methyl/N-ethyl adjacent to an activating group) is 1. The summed E-state index contributed by atoms with van der Waals surface area (Å²) in [6.07, 6.45) is 52.7. The molecule has 8 nitrogen and oxygen atoms in total. The number of ether oxygens (including phenoxy) is 3. The van der Waals surface area contributed by atoms with Crippen molar-refractivity contribution in [3.8, 4) is 0 Å². The van der Waals surface area contributed by atoms with E-state index in [2.05, 4.69) is 26.0 Å². The average molecular weight is 893 g/mol. The van der Waals surface area contributed by atoms with Crippen LogP contribution in [0.1, 0.15) is 271 Å². The Morgan fingerprint density at radius 1 is 0.460 bits per heavy atom. The van der Waals surface area contributed by atoms with E-state index in [0.29, 0.717) is 19.3 Å². The molecule has 8 heteroatoms. The lowest BCUT2D eigenvalue weighted by molar-refractivity contribution is -0.887. The Morgan fingerprint density at radius 2 is 0.794 bits per heavy atom. The molecule has 0 bridgehead atoms. The standard InChI is InChI=1S/C55H105NO7/c1-6-8-10-12-14-16-18-20-22-24-26-27-28-30-31-33-35-37-39-41-43-45-53(57)62-50-51(49-61-48-47-52(55(59)60)56(3,4)5)63-54(58)46-44-42-40-38-36-34-32-29-25-23-21-19-17-15-13-11-9-7-2/h29,32,51-52H,6-28,30-31,33-50H2,1-5H3/p+1/b32-29+. The molecule has 0 aliphatic heterocycles. The largest absolute Gasteiger partial charge is 0.477 e. The van der Waals surface area contributed by atoms with E-state index in [1.54, 1.807) is 0 Å². The average Bonchev–Trinajstić information content (AvgIpc) is 3.24. The van der Waals surface area contributed by atoms with E-state index in [0.717, 1.165) is 51.4 Å². The molecule has 372 valence electrons. The number of carboxylic acids is 1. The minimum Gasteiger partial charge on any atom is -0.477 e. The predicted molar refractivity (Wildman–Crippen MR) is 266 cm³/mol. The zero-order chi connectivity index (χ0) is 46.3. The lowest BCUT2D eigenvalue weighted by Gasteiger charge is -2.31. The van der Waals surface area contributed by atoms with Crippen molar-refractivity contribution in [1.29, 1.82) is 0 Å². The topological polar surface area (TPSA) is 99.1 Å². The predicted octanol–water partition coefficient (Wildman–Crippen LogP) is 15.8. The van der Waals surface area contributed by atoms with Gasteiger partial charge in [-0.3, -0.25) is 9.59 Å². The van der Waals surface area contributed by atoms with Crippen LogP contribution in [0.25, 0.3) is 0 Å². The first kappa shape index (κ1) is 61.1. The number of carbonyl (C=O) groups is 3. The van der Waals surface area contributed by atoms with Crippen molar-refractivity contribution in [1.82, 2.24) is 0 Å². The van der Waals surface area contributed by atoms with E-state index >= 15 is 0 Å². The Balaban J connectivity index is 4.17. The number of hydrogen-bond donors (Lipinski definition) is 1. The molecular weight excluding hydrogens is 787 g/mol. The number of unbranched alkanes of at least 4 members (excludes halogenated alkanes) is 34. The van der Waals surface area contributed by atoms with Gasteiger partial charge in [0.15, 0.2) is 12.1 Å². The zero-order valence-electron chi connectivity index (χ0n) is 42.6. The molecule has 0 radical (unpaired) electrons. The third-order valence-corrected chi connectivity index (χ3v) is 12.7. The van der Waals surface area contributed by atoms with E-state index in [4.69, 9.17) is 14.2 Å². The highest BCUT2D eigenvalue weighted by atomic mass is 16.6. The second-order valence-corrected chi connectivity index (χ2v) is 19.8. The molecule has 0 saturated carbocycles. The fourth-order valence-corrected chi connectivity index (χ4v) is 8.44. The number of rotatable bonds is 50. The molecule has 0 aromatic rings. The minimum absolute atomic E-state index is 0.0475. The number of aliphatic carboxylic acids is 1. The second kappa shape index (κ2) is 46.6. The highest BCUT2D eigenvalue weighted by Crippen LogP contribution is 2.17. The summed E-state index contributed by atoms with van der Waals surface area (Å²) in [4.78, 5) is 37.2. The molecule has 1 N–H and O–H groups in total. The van der Waals surface area contributed by atoms with Crippen LogP contribution in [-0.2, 0) is 28.6 Å². The fourth-order valence-electron chi connectivity index (χ4n) is 8.44. The molecule has 0 spiro atoms. The second-order valence-electron chi connectivity index (χ2n) is 19.8. The third kappa shape index (κ3) is 45.0. The molecule has 2 atom stereocenters. The maximum absolute atomic E-state index is 12.8. The van der Waals surface area contributed by atoms with Gasteiger partial charge in [-0.05, 0) is 38.5 Å². The number of esters is 2. The molecule has 0 aliphatic carbocycles. The van der Waals surface area contributed by atoms with Gasteiger partial charge in [0.1, 0.15) is 6.61 Å². The van der Waals surface area contributed by atoms with Gasteiger partial charge < -0.3 is 23.8 Å². The van der Waals surface area contributed by atoms with Crippen molar-refractivity contribution in [2.75, 3.05) is 41.0 Å². The summed E-state index contributed by atoms with van der Waals surface area (Å²) >= 11 is 0. The van der Waals surface area contributed by atoms with Gasteiger partial charge in [-0.2, -0.15) is 0 Å². The monoisotopic (exact) mass is 893 g/mol. The van der Waals surface area contributed by atoms with E-state index in [9.17, 15) is 19.5 Å². The van der Waals surface area contributed by atoms with Gasteiger partial charge in [0, 0.05) is 19.3 Å². The summed E-state index contributed by atoms with van der Waals surface area (Å²) in [6.45, 7) is 4.79. The summed E-state index contributed by atoms with van der Waals surface area (Å²) in [7, 11) is 5.55. The minimum atomic E-state index is -0.871. The summed E-state index contributed by atoms with van der Waals surface area (Å²) in [5, 5.41) is 9.66. The van der Waals surface area contributed by atoms with E-state index in [-0.39, 0.29) is 36.2 Å². The van der Waals surface area contributed by atoms with Crippen LogP contribution in [0, 0.1) is 0 Å². The van der Waals surface area contributed by atoms with E-state index in [1.807, 2.05) is 21.1 Å². The lowest BCUT2D eigenvalue weighted by Crippen LogP contribution is -2.50. The van der Waals surface area contributed by atoms with Gasteiger partial charge in [-0.15, -0.1) is 0 Å². The third-order valence-electron chi connectivity index (χ3n) is 12.7. The maximum Gasteiger partial charge on any atom is 0.362 e. The highest BCUT2D eigenvalue weighted by Gasteiger charge is 2.31. The van der Waals surface area contributed by atoms with Crippen LogP contribution in [0.15, 0.2) is 12.2 Å². The summed E-state index contributed by atoms with van der Waals surface area (Å²) in [5.74, 6) is -1.45. The first-order valence-electron chi connectivity index (χ1n) is 27.2. The van der Waals surface area contributed by atoms with Crippen molar-refractivity contribution in [3.63, 3.8) is 0 Å². The molecular formula is C55H106NO7+. The molecule has 0 aliphatic rings. The van der Waals surface area contributed by atoms with Gasteiger partial charge in [0.2, 0.25) is 0 Å². The summed E-state index contributed by atoms with van der Waals surface area (Å²) < 4.78 is 17.4. The number of nitrogens with zero attached hydrogens (tertiary/aromatic N) is 1. The Hall–Kier alpha value is -1.93. The Labute approximate surface area is 390 Å². The number of carbonyl (C=O) groups excluding carboxylic acids is 2. The normalized spacial score (nSPS) is 12.8. The molecule has 63 heavy (non-hydrogen) atoms. The van der Waals surface area contributed by atoms with Gasteiger partial charge in [-0.25, -0.2) is 4.79 Å². The quantitative estimate of drug-likeness (QED) is 0.0281. The molecule has 0 fully saturated rings. The number of carboxylic acid groups (broad SMARTS) is 1. The molecule has 0 rings (SSSR count). The van der Waals surface area contributed by atoms with Crippen molar-refractivity contribution >= 4 is 17.9 Å². The van der Waals surface area contributed by atoms with Crippen LogP contribution < -0.4 is 0 Å². The first-order chi connectivity index (χ1) is 30.6.